The van der Waals surface area contributed by atoms with Gasteiger partial charge in [-0.3, -0.25) is 0 Å². The Morgan fingerprint density at radius 2 is 1.71 bits per heavy atom. The zero-order valence-corrected chi connectivity index (χ0v) is 13.5. The Hall–Kier alpha value is -1.36. The highest BCUT2D eigenvalue weighted by molar-refractivity contribution is 9.10. The highest BCUT2D eigenvalue weighted by Crippen LogP contribution is 2.16. The molecule has 0 atom stereocenters. The smallest absolute Gasteiger partial charge is 0.119 e. The molecule has 0 unspecified atom stereocenters. The molecule has 4 heteroatoms. The molecule has 112 valence electrons. The predicted octanol–water partition coefficient (Wildman–Crippen LogP) is 3.55. The number of hydrogen-bond acceptors (Lipinski definition) is 3. The fraction of sp³-hybridized carbons (Fsp3) is 0.294. The van der Waals surface area contributed by atoms with E-state index >= 15 is 0 Å². The standard InChI is InChI=1S/C17H20BrNO2/c18-17-4-2-1-3-15(17)13-20-11-12-21-16-7-5-14(6-8-16)9-10-19/h1-8H,9-13,19H2. The number of benzene rings is 2. The van der Waals surface area contributed by atoms with E-state index in [0.29, 0.717) is 26.4 Å². The zero-order valence-electron chi connectivity index (χ0n) is 11.9. The van der Waals surface area contributed by atoms with Crippen LogP contribution in [0.3, 0.4) is 0 Å². The molecule has 0 fully saturated rings. The van der Waals surface area contributed by atoms with Crippen LogP contribution in [0, 0.1) is 0 Å². The van der Waals surface area contributed by atoms with Crippen LogP contribution in [-0.4, -0.2) is 19.8 Å². The Labute approximate surface area is 134 Å². The summed E-state index contributed by atoms with van der Waals surface area (Å²) in [6, 6.07) is 16.1. The quantitative estimate of drug-likeness (QED) is 0.741. The van der Waals surface area contributed by atoms with E-state index in [0.717, 1.165) is 22.2 Å². The Bertz CT molecular complexity index is 543. The SMILES string of the molecule is NCCc1ccc(OCCOCc2ccccc2Br)cc1. The molecule has 0 aliphatic heterocycles. The molecule has 0 saturated carbocycles. The van der Waals surface area contributed by atoms with Gasteiger partial charge in [0.25, 0.3) is 0 Å². The molecule has 0 amide bonds. The summed E-state index contributed by atoms with van der Waals surface area (Å²) in [6.45, 7) is 2.36. The molecule has 2 aromatic carbocycles. The third-order valence-corrected chi connectivity index (χ3v) is 3.84. The van der Waals surface area contributed by atoms with Crippen molar-refractivity contribution in [2.75, 3.05) is 19.8 Å². The van der Waals surface area contributed by atoms with Crippen molar-refractivity contribution in [3.63, 3.8) is 0 Å². The van der Waals surface area contributed by atoms with Crippen molar-refractivity contribution in [1.29, 1.82) is 0 Å². The summed E-state index contributed by atoms with van der Waals surface area (Å²) >= 11 is 3.50. The molecule has 0 aliphatic carbocycles. The summed E-state index contributed by atoms with van der Waals surface area (Å²) in [4.78, 5) is 0. The normalized spacial score (nSPS) is 10.6. The Kier molecular flexibility index (Phi) is 6.73. The third kappa shape index (κ3) is 5.50. The average molecular weight is 350 g/mol. The molecule has 0 aromatic heterocycles. The van der Waals surface area contributed by atoms with Gasteiger partial charge in [0.1, 0.15) is 12.4 Å². The lowest BCUT2D eigenvalue weighted by Crippen LogP contribution is -2.07. The van der Waals surface area contributed by atoms with Crippen molar-refractivity contribution in [3.8, 4) is 5.75 Å². The summed E-state index contributed by atoms with van der Waals surface area (Å²) in [5.74, 6) is 0.861. The number of hydrogen-bond donors (Lipinski definition) is 1. The predicted molar refractivity (Wildman–Crippen MR) is 88.5 cm³/mol. The number of halogens is 1. The monoisotopic (exact) mass is 349 g/mol. The van der Waals surface area contributed by atoms with Gasteiger partial charge in [0.05, 0.1) is 13.2 Å². The number of rotatable bonds is 8. The van der Waals surface area contributed by atoms with Crippen molar-refractivity contribution in [2.24, 2.45) is 5.73 Å². The lowest BCUT2D eigenvalue weighted by atomic mass is 10.1. The van der Waals surface area contributed by atoms with Crippen molar-refractivity contribution < 1.29 is 9.47 Å². The maximum Gasteiger partial charge on any atom is 0.119 e. The second kappa shape index (κ2) is 8.82. The molecule has 0 radical (unpaired) electrons. The molecule has 2 rings (SSSR count). The van der Waals surface area contributed by atoms with E-state index in [-0.39, 0.29) is 0 Å². The Morgan fingerprint density at radius 1 is 0.952 bits per heavy atom. The Morgan fingerprint density at radius 3 is 2.43 bits per heavy atom. The van der Waals surface area contributed by atoms with Crippen LogP contribution in [0.4, 0.5) is 0 Å². The first-order valence-corrected chi connectivity index (χ1v) is 7.82. The first-order valence-electron chi connectivity index (χ1n) is 7.02. The lowest BCUT2D eigenvalue weighted by Gasteiger charge is -2.09. The summed E-state index contributed by atoms with van der Waals surface area (Å²) in [6.07, 6.45) is 0.898. The van der Waals surface area contributed by atoms with Gasteiger partial charge < -0.3 is 15.2 Å². The number of ether oxygens (including phenoxy) is 2. The molecule has 2 N–H and O–H groups in total. The fourth-order valence-electron chi connectivity index (χ4n) is 1.94. The molecule has 0 spiro atoms. The van der Waals surface area contributed by atoms with Crippen molar-refractivity contribution in [3.05, 3.63) is 64.1 Å². The summed E-state index contributed by atoms with van der Waals surface area (Å²) in [5, 5.41) is 0. The lowest BCUT2D eigenvalue weighted by molar-refractivity contribution is 0.0886. The summed E-state index contributed by atoms with van der Waals surface area (Å²) < 4.78 is 12.3. The average Bonchev–Trinajstić information content (AvgIpc) is 2.51. The van der Waals surface area contributed by atoms with Crippen LogP contribution in [0.25, 0.3) is 0 Å². The van der Waals surface area contributed by atoms with E-state index < -0.39 is 0 Å². The first-order chi connectivity index (χ1) is 10.3. The van der Waals surface area contributed by atoms with Crippen LogP contribution in [-0.2, 0) is 17.8 Å². The van der Waals surface area contributed by atoms with Gasteiger partial charge in [-0.15, -0.1) is 0 Å². The second-order valence-corrected chi connectivity index (χ2v) is 5.53. The van der Waals surface area contributed by atoms with Gasteiger partial charge in [0.15, 0.2) is 0 Å². The van der Waals surface area contributed by atoms with E-state index in [1.54, 1.807) is 0 Å². The highest BCUT2D eigenvalue weighted by atomic mass is 79.9. The van der Waals surface area contributed by atoms with Crippen LogP contribution >= 0.6 is 15.9 Å². The van der Waals surface area contributed by atoms with Crippen LogP contribution in [0.2, 0.25) is 0 Å². The maximum atomic E-state index is 5.64. The third-order valence-electron chi connectivity index (χ3n) is 3.07. The van der Waals surface area contributed by atoms with E-state index in [1.165, 1.54) is 5.56 Å². The van der Waals surface area contributed by atoms with Crippen LogP contribution < -0.4 is 10.5 Å². The van der Waals surface area contributed by atoms with Crippen LogP contribution in [0.1, 0.15) is 11.1 Å². The van der Waals surface area contributed by atoms with Gasteiger partial charge >= 0.3 is 0 Å². The number of nitrogens with two attached hydrogens (primary N) is 1. The first kappa shape index (κ1) is 16.0. The van der Waals surface area contributed by atoms with Gasteiger partial charge in [-0.1, -0.05) is 46.3 Å². The molecular weight excluding hydrogens is 330 g/mol. The van der Waals surface area contributed by atoms with Crippen LogP contribution in [0.15, 0.2) is 53.0 Å². The zero-order chi connectivity index (χ0) is 14.9. The second-order valence-electron chi connectivity index (χ2n) is 4.68. The van der Waals surface area contributed by atoms with E-state index in [2.05, 4.69) is 15.9 Å². The van der Waals surface area contributed by atoms with Crippen LogP contribution in [0.5, 0.6) is 5.75 Å². The van der Waals surface area contributed by atoms with Gasteiger partial charge in [0, 0.05) is 4.47 Å². The minimum absolute atomic E-state index is 0.542. The highest BCUT2D eigenvalue weighted by Gasteiger charge is 1.99. The topological polar surface area (TPSA) is 44.5 Å². The summed E-state index contributed by atoms with van der Waals surface area (Å²) in [5.41, 5.74) is 7.89. The summed E-state index contributed by atoms with van der Waals surface area (Å²) in [7, 11) is 0. The largest absolute Gasteiger partial charge is 0.491 e. The van der Waals surface area contributed by atoms with Crippen molar-refractivity contribution >= 4 is 15.9 Å². The molecule has 2 aromatic rings. The minimum Gasteiger partial charge on any atom is -0.491 e. The van der Waals surface area contributed by atoms with E-state index in [4.69, 9.17) is 15.2 Å². The van der Waals surface area contributed by atoms with Gasteiger partial charge in [-0.2, -0.15) is 0 Å². The molecular formula is C17H20BrNO2. The minimum atomic E-state index is 0.542. The van der Waals surface area contributed by atoms with Crippen molar-refractivity contribution in [2.45, 2.75) is 13.0 Å². The van der Waals surface area contributed by atoms with E-state index in [1.807, 2.05) is 48.5 Å². The van der Waals surface area contributed by atoms with Crippen molar-refractivity contribution in [1.82, 2.24) is 0 Å². The van der Waals surface area contributed by atoms with Gasteiger partial charge in [-0.05, 0) is 42.3 Å². The molecule has 21 heavy (non-hydrogen) atoms. The van der Waals surface area contributed by atoms with Gasteiger partial charge in [0.2, 0.25) is 0 Å². The van der Waals surface area contributed by atoms with E-state index in [9.17, 15) is 0 Å². The molecule has 0 heterocycles. The molecule has 0 aliphatic rings. The molecule has 0 bridgehead atoms. The Balaban J connectivity index is 1.66. The maximum absolute atomic E-state index is 5.64. The molecule has 3 nitrogen and oxygen atoms in total. The molecule has 0 saturated heterocycles. The van der Waals surface area contributed by atoms with Gasteiger partial charge in [-0.25, -0.2) is 0 Å². The fourth-order valence-corrected chi connectivity index (χ4v) is 2.33.